The van der Waals surface area contributed by atoms with Crippen molar-refractivity contribution in [1.29, 1.82) is 0 Å². The number of esters is 6. The maximum atomic E-state index is 12.9. The lowest BCUT2D eigenvalue weighted by Gasteiger charge is -2.63. The first-order valence-electron chi connectivity index (χ1n) is 53.7. The maximum Gasteiger partial charge on any atom is 0.312 e. The Kier molecular flexibility index (Phi) is 36.9. The first-order chi connectivity index (χ1) is 58.3. The van der Waals surface area contributed by atoms with E-state index in [1.54, 1.807) is 0 Å². The largest absolute Gasteiger partial charge is 0.459 e. The van der Waals surface area contributed by atoms with Gasteiger partial charge in [0.2, 0.25) is 0 Å². The Hall–Kier alpha value is -3.18. The van der Waals surface area contributed by atoms with Crippen LogP contribution in [-0.2, 0) is 57.2 Å². The van der Waals surface area contributed by atoms with Crippen molar-refractivity contribution < 1.29 is 57.2 Å². The third kappa shape index (κ3) is 25.3. The van der Waals surface area contributed by atoms with Crippen LogP contribution in [0.15, 0.2) is 0 Å². The van der Waals surface area contributed by atoms with E-state index in [0.717, 1.165) is 174 Å². The molecule has 3 unspecified atom stereocenters. The number of carbonyl (C=O) groups excluding carboxylic acids is 6. The van der Waals surface area contributed by atoms with Gasteiger partial charge in [-0.3, -0.25) is 28.8 Å². The molecule has 0 aliphatic heterocycles. The van der Waals surface area contributed by atoms with E-state index in [2.05, 4.69) is 118 Å². The molecule has 0 amide bonds. The second-order valence-electron chi connectivity index (χ2n) is 50.4. The predicted octanol–water partition coefficient (Wildman–Crippen LogP) is 31.6. The van der Waals surface area contributed by atoms with Crippen molar-refractivity contribution in [2.24, 2.45) is 132 Å². The molecular formula is C113H200O12. The lowest BCUT2D eigenvalue weighted by Crippen LogP contribution is -2.60. The van der Waals surface area contributed by atoms with E-state index in [4.69, 9.17) is 28.4 Å². The van der Waals surface area contributed by atoms with Crippen LogP contribution >= 0.6 is 0 Å². The van der Waals surface area contributed by atoms with Crippen LogP contribution in [-0.4, -0.2) is 69.4 Å². The molecule has 12 nitrogen and oxygen atoms in total. The van der Waals surface area contributed by atoms with Crippen LogP contribution < -0.4 is 0 Å². The fraction of sp³-hybridized carbons (Fsp3) is 0.947. The van der Waals surface area contributed by atoms with E-state index >= 15 is 0 Å². The van der Waals surface area contributed by atoms with E-state index in [9.17, 15) is 28.8 Å². The summed E-state index contributed by atoms with van der Waals surface area (Å²) in [6.07, 6.45) is 58.3. The van der Waals surface area contributed by atoms with Gasteiger partial charge in [-0.2, -0.15) is 0 Å². The molecule has 16 fully saturated rings. The van der Waals surface area contributed by atoms with Crippen LogP contribution in [0.5, 0.6) is 0 Å². The van der Waals surface area contributed by atoms with Gasteiger partial charge in [0.1, 0.15) is 33.6 Å². The molecule has 125 heavy (non-hydrogen) atoms. The summed E-state index contributed by atoms with van der Waals surface area (Å²) >= 11 is 0. The quantitative estimate of drug-likeness (QED) is 0.0444. The van der Waals surface area contributed by atoms with Gasteiger partial charge in [0.25, 0.3) is 0 Å². The van der Waals surface area contributed by atoms with E-state index in [0.29, 0.717) is 17.3 Å². The summed E-state index contributed by atoms with van der Waals surface area (Å²) in [5.41, 5.74) is -2.69. The molecule has 0 N–H and O–H groups in total. The number of rotatable bonds is 34. The molecule has 16 aliphatic carbocycles. The summed E-state index contributed by atoms with van der Waals surface area (Å²) in [5.74, 6) is 11.8. The number of hydrogen-bond donors (Lipinski definition) is 0. The highest BCUT2D eigenvalue weighted by Crippen LogP contribution is 2.68. The van der Waals surface area contributed by atoms with Gasteiger partial charge in [-0.05, 0) is 444 Å². The van der Waals surface area contributed by atoms with Gasteiger partial charge in [0.15, 0.2) is 0 Å². The SMILES string of the molecule is CCC(C)(C)C(=O)OC(C)(C)C12CC3CC(CC(C3)C1)C2.CCC(C)(C)C(=O)OC(C)(C)C1CC2CCC1C2.CCC(C)(C)C(=O)OC(CC)(CC)C12CC3CC(CC(C3)C1)C2.CCC(C)(C)C(=O)OC(CC)(CC)C1CCCCC1.CCC(CC)(CC12CC3CC(CC(C3)C1)C2)OC(=O)C(C)(C)CC.CCC(CC)(CC1CCCCC1)OC(=O)C(C)(C)CC. The molecule has 0 aromatic heterocycles. The molecule has 12 heteroatoms. The lowest BCUT2D eigenvalue weighted by molar-refractivity contribution is -0.219. The van der Waals surface area contributed by atoms with Gasteiger partial charge in [0.05, 0.1) is 32.5 Å². The van der Waals surface area contributed by atoms with E-state index in [1.807, 2.05) is 90.0 Å². The third-order valence-electron chi connectivity index (χ3n) is 39.0. The fourth-order valence-electron chi connectivity index (χ4n) is 28.2. The molecular weight excluding hydrogens is 1550 g/mol. The number of hydrogen-bond acceptors (Lipinski definition) is 12. The van der Waals surface area contributed by atoms with Gasteiger partial charge >= 0.3 is 35.8 Å². The van der Waals surface area contributed by atoms with Crippen LogP contribution in [0.4, 0.5) is 0 Å². The highest BCUT2D eigenvalue weighted by molar-refractivity contribution is 5.79. The summed E-state index contributed by atoms with van der Waals surface area (Å²) in [6.45, 7) is 62.6. The molecule has 3 atom stereocenters. The Morgan fingerprint density at radius 1 is 0.272 bits per heavy atom. The average molecular weight is 1750 g/mol. The maximum absolute atomic E-state index is 12.9. The zero-order valence-corrected chi connectivity index (χ0v) is 87.4. The molecule has 0 aromatic carbocycles. The molecule has 0 radical (unpaired) electrons. The Bertz CT molecular complexity index is 3310. The Morgan fingerprint density at radius 3 is 0.904 bits per heavy atom. The van der Waals surface area contributed by atoms with Crippen molar-refractivity contribution in [2.45, 2.75) is 550 Å². The van der Waals surface area contributed by atoms with Gasteiger partial charge in [-0.25, -0.2) is 0 Å². The van der Waals surface area contributed by atoms with Crippen molar-refractivity contribution in [2.75, 3.05) is 0 Å². The monoisotopic (exact) mass is 1750 g/mol. The summed E-state index contributed by atoms with van der Waals surface area (Å²) in [6, 6.07) is 0. The molecule has 0 heterocycles. The molecule has 0 aromatic rings. The standard InChI is InChI=1S/C22H38O2.C21H36O2.C19H32O2.C18H34O2.C17H32O2.C16H28O2/c1-6-20(4,5)19(23)24-22(7-2,8-3)15-21-12-16-9-17(13-21)11-18(10-16)14-21;1-6-19(4,5)18(22)23-21(7-2,8-3)20-12-15-9-16(13-20)11-17(10-15)14-20;1-6-17(2,3)16(20)21-18(4,5)19-10-13-7-14(11-19)9-15(8-13)12-19;1-6-17(4,5)16(19)20-18(7-2,8-3)14-15-12-10-9-11-13-15;1-6-16(4,5)15(18)19-17(7-2,8-3)14-12-10-9-11-13-14;1-6-15(2,3)14(17)18-16(4,5)13-10-11-7-8-12(13)9-11/h16-18H,6-15H2,1-5H3;15-17H,6-14H2,1-5H3;13-15H,6-12H2,1-5H3;15H,6-14H2,1-5H3;14H,6-13H2,1-5H3;11-13H,6-10H2,1-5H3. The number of ether oxygens (including phenoxy) is 6. The van der Waals surface area contributed by atoms with Gasteiger partial charge in [0, 0.05) is 16.7 Å². The Morgan fingerprint density at radius 2 is 0.584 bits per heavy atom. The highest BCUT2D eigenvalue weighted by atomic mass is 16.6. The van der Waals surface area contributed by atoms with Gasteiger partial charge in [-0.1, -0.05) is 155 Å². The van der Waals surface area contributed by atoms with Crippen molar-refractivity contribution in [3.63, 3.8) is 0 Å². The smallest absolute Gasteiger partial charge is 0.312 e. The molecule has 0 spiro atoms. The molecule has 16 aliphatic rings. The van der Waals surface area contributed by atoms with Crippen LogP contribution in [0.3, 0.4) is 0 Å². The predicted molar refractivity (Wildman–Crippen MR) is 516 cm³/mol. The first kappa shape index (κ1) is 107. The van der Waals surface area contributed by atoms with E-state index in [-0.39, 0.29) is 113 Å². The number of carbonyl (C=O) groups is 6. The molecule has 14 bridgehead atoms. The molecule has 724 valence electrons. The Balaban J connectivity index is 0.000000186. The van der Waals surface area contributed by atoms with Crippen molar-refractivity contribution in [3.05, 3.63) is 0 Å². The Labute approximate surface area is 769 Å². The summed E-state index contributed by atoms with van der Waals surface area (Å²) in [7, 11) is 0. The third-order valence-corrected chi connectivity index (χ3v) is 39.0. The molecule has 16 rings (SSSR count). The van der Waals surface area contributed by atoms with Crippen molar-refractivity contribution in [3.8, 4) is 0 Å². The lowest BCUT2D eigenvalue weighted by atomic mass is 9.44. The van der Waals surface area contributed by atoms with Gasteiger partial charge in [-0.15, -0.1) is 0 Å². The second kappa shape index (κ2) is 43.0. The summed E-state index contributed by atoms with van der Waals surface area (Å²) in [5, 5.41) is 0. The normalized spacial score (nSPS) is 30.2. The van der Waals surface area contributed by atoms with Crippen LogP contribution in [0.25, 0.3) is 0 Å². The zero-order valence-electron chi connectivity index (χ0n) is 87.4. The topological polar surface area (TPSA) is 158 Å². The van der Waals surface area contributed by atoms with E-state index in [1.165, 1.54) is 205 Å². The van der Waals surface area contributed by atoms with Crippen molar-refractivity contribution in [1.82, 2.24) is 0 Å². The first-order valence-corrected chi connectivity index (χ1v) is 53.7. The van der Waals surface area contributed by atoms with Crippen LogP contribution in [0, 0.1) is 132 Å². The molecule has 0 saturated heterocycles. The molecule has 16 saturated carbocycles. The van der Waals surface area contributed by atoms with Crippen molar-refractivity contribution >= 4 is 35.8 Å². The second-order valence-corrected chi connectivity index (χ2v) is 50.4. The van der Waals surface area contributed by atoms with Crippen LogP contribution in [0.1, 0.15) is 516 Å². The summed E-state index contributed by atoms with van der Waals surface area (Å²) in [4.78, 5) is 75.4. The minimum Gasteiger partial charge on any atom is -0.459 e. The minimum absolute atomic E-state index is 0.00857. The van der Waals surface area contributed by atoms with E-state index < -0.39 is 0 Å². The highest BCUT2D eigenvalue weighted by Gasteiger charge is 2.63. The fourth-order valence-corrected chi connectivity index (χ4v) is 28.2. The minimum atomic E-state index is -0.364. The summed E-state index contributed by atoms with van der Waals surface area (Å²) < 4.78 is 36.9. The number of fused-ring (bicyclic) bond motifs is 2. The zero-order chi connectivity index (χ0) is 93.2. The van der Waals surface area contributed by atoms with Gasteiger partial charge < -0.3 is 28.4 Å². The van der Waals surface area contributed by atoms with Crippen LogP contribution in [0.2, 0.25) is 0 Å². The average Bonchev–Trinajstić information content (AvgIpc) is 0.773.